The fourth-order valence-corrected chi connectivity index (χ4v) is 11.2. The number of hydrogen-bond donors (Lipinski definition) is 0. The molecule has 5 heteroatoms. The fraction of sp³-hybridized carbons (Fsp3) is 0. The van der Waals surface area contributed by atoms with Crippen LogP contribution in [0, 0.1) is 11.3 Å². The van der Waals surface area contributed by atoms with Crippen LogP contribution in [0.4, 0.5) is 0 Å². The summed E-state index contributed by atoms with van der Waals surface area (Å²) in [5.74, 6) is 0.809. The van der Waals surface area contributed by atoms with Crippen molar-refractivity contribution < 1.29 is 0 Å². The van der Waals surface area contributed by atoms with Crippen LogP contribution < -0.4 is 0 Å². The quantitative estimate of drug-likeness (QED) is 0.160. The number of benzene rings is 10. The van der Waals surface area contributed by atoms with E-state index in [0.717, 1.165) is 106 Å². The summed E-state index contributed by atoms with van der Waals surface area (Å²) >= 11 is 0. The molecule has 0 amide bonds. The molecule has 0 saturated heterocycles. The lowest BCUT2D eigenvalue weighted by Gasteiger charge is -2.24. The molecule has 0 N–H and O–H groups in total. The highest BCUT2D eigenvalue weighted by Crippen LogP contribution is 2.49. The first kappa shape index (κ1) is 40.3. The van der Waals surface area contributed by atoms with Crippen molar-refractivity contribution in [1.29, 1.82) is 5.26 Å². The number of nitriles is 1. The Balaban J connectivity index is 1.15. The average molecular weight is 904 g/mol. The summed E-state index contributed by atoms with van der Waals surface area (Å²) in [6.45, 7) is 0. The number of para-hydroxylation sites is 4. The van der Waals surface area contributed by atoms with E-state index in [1.165, 1.54) is 21.5 Å². The highest BCUT2D eigenvalue weighted by molar-refractivity contribution is 6.15. The van der Waals surface area contributed by atoms with E-state index in [-0.39, 0.29) is 0 Å². The lowest BCUT2D eigenvalue weighted by Crippen LogP contribution is -2.07. The van der Waals surface area contributed by atoms with Crippen molar-refractivity contribution in [1.82, 2.24) is 18.7 Å². The molecule has 5 nitrogen and oxygen atoms in total. The predicted octanol–water partition coefficient (Wildman–Crippen LogP) is 16.9. The zero-order chi connectivity index (χ0) is 47.0. The first-order chi connectivity index (χ1) is 35.2. The van der Waals surface area contributed by atoms with E-state index in [2.05, 4.69) is 256 Å². The number of rotatable bonds is 7. The Labute approximate surface area is 409 Å². The summed E-state index contributed by atoms with van der Waals surface area (Å²) in [5, 5.41) is 17.1. The van der Waals surface area contributed by atoms with Gasteiger partial charge in [-0.25, -0.2) is 4.98 Å². The van der Waals surface area contributed by atoms with Crippen LogP contribution in [0.25, 0.3) is 127 Å². The molecule has 0 bridgehead atoms. The topological polar surface area (TPSA) is 51.5 Å². The maximum Gasteiger partial charge on any atom is 0.146 e. The molecule has 0 saturated carbocycles. The first-order valence-electron chi connectivity index (χ1n) is 24.0. The van der Waals surface area contributed by atoms with Crippen LogP contribution >= 0.6 is 0 Å². The monoisotopic (exact) mass is 903 g/mol. The number of nitrogens with zero attached hydrogens (tertiary/aromatic N) is 5. The highest BCUT2D eigenvalue weighted by atomic mass is 15.1. The van der Waals surface area contributed by atoms with Gasteiger partial charge in [0.1, 0.15) is 5.82 Å². The molecule has 10 aromatic carbocycles. The van der Waals surface area contributed by atoms with Gasteiger partial charge in [0.15, 0.2) is 0 Å². The Morgan fingerprint density at radius 1 is 0.296 bits per heavy atom. The minimum Gasteiger partial charge on any atom is -0.309 e. The van der Waals surface area contributed by atoms with E-state index >= 15 is 0 Å². The van der Waals surface area contributed by atoms with Crippen molar-refractivity contribution in [2.45, 2.75) is 0 Å². The van der Waals surface area contributed by atoms with Gasteiger partial charge in [-0.05, 0) is 89.5 Å². The fourth-order valence-electron chi connectivity index (χ4n) is 11.2. The van der Waals surface area contributed by atoms with E-state index in [9.17, 15) is 5.26 Å². The van der Waals surface area contributed by atoms with E-state index in [1.807, 2.05) is 12.1 Å². The summed E-state index contributed by atoms with van der Waals surface area (Å²) in [6.07, 6.45) is 0. The van der Waals surface area contributed by atoms with Gasteiger partial charge < -0.3 is 9.13 Å². The van der Waals surface area contributed by atoms with Gasteiger partial charge in [-0.3, -0.25) is 4.57 Å². The molecule has 71 heavy (non-hydrogen) atoms. The second-order valence-corrected chi connectivity index (χ2v) is 18.2. The van der Waals surface area contributed by atoms with Crippen LogP contribution in [0.2, 0.25) is 0 Å². The van der Waals surface area contributed by atoms with E-state index in [1.54, 1.807) is 0 Å². The normalized spacial score (nSPS) is 11.6. The van der Waals surface area contributed by atoms with Crippen molar-refractivity contribution in [2.24, 2.45) is 0 Å². The largest absolute Gasteiger partial charge is 0.309 e. The van der Waals surface area contributed by atoms with Crippen molar-refractivity contribution in [3.05, 3.63) is 254 Å². The Hall–Kier alpha value is -9.76. The standard InChI is InChI=1S/C66H41N5/c67-42-43-32-34-46(35-33-43)62-63(44-18-4-1-5-19-44)65(47-22-8-3-9-23-47)68-66(64(62)45-20-6-2-7-21-45)71-60-38-36-48(69-56-28-14-10-24-50(56)51-25-11-15-29-57(51)69)40-54(60)55-41-49(37-39-61(55)71)70-58-30-16-12-26-52(58)53-27-13-17-31-59(53)70/h1-41H. The van der Waals surface area contributed by atoms with Gasteiger partial charge in [0.25, 0.3) is 0 Å². The molecule has 4 aromatic heterocycles. The van der Waals surface area contributed by atoms with Gasteiger partial charge in [-0.1, -0.05) is 176 Å². The molecule has 4 heterocycles. The summed E-state index contributed by atoms with van der Waals surface area (Å²) < 4.78 is 7.21. The molecule has 0 atom stereocenters. The minimum atomic E-state index is 0.606. The maximum absolute atomic E-state index is 10.0. The highest BCUT2D eigenvalue weighted by Gasteiger charge is 2.28. The number of pyridine rings is 1. The molecule has 0 unspecified atom stereocenters. The molecule has 14 aromatic rings. The van der Waals surface area contributed by atoms with Gasteiger partial charge >= 0.3 is 0 Å². The molecule has 0 fully saturated rings. The van der Waals surface area contributed by atoms with Crippen molar-refractivity contribution >= 4 is 65.4 Å². The van der Waals surface area contributed by atoms with Gasteiger partial charge in [-0.2, -0.15) is 5.26 Å². The summed E-state index contributed by atoms with van der Waals surface area (Å²) in [6, 6.07) is 90.9. The molecular formula is C66H41N5. The zero-order valence-electron chi connectivity index (χ0n) is 38.4. The number of aromatic nitrogens is 4. The van der Waals surface area contributed by atoms with Crippen LogP contribution in [-0.2, 0) is 0 Å². The molecule has 0 aliphatic heterocycles. The van der Waals surface area contributed by atoms with Crippen LogP contribution in [0.5, 0.6) is 0 Å². The molecule has 330 valence electrons. The zero-order valence-corrected chi connectivity index (χ0v) is 38.4. The smallest absolute Gasteiger partial charge is 0.146 e. The lowest BCUT2D eigenvalue weighted by molar-refractivity contribution is 1.08. The third kappa shape index (κ3) is 6.29. The van der Waals surface area contributed by atoms with Crippen LogP contribution in [0.15, 0.2) is 249 Å². The Bertz CT molecular complexity index is 4160. The molecule has 0 aliphatic rings. The first-order valence-corrected chi connectivity index (χ1v) is 24.0. The van der Waals surface area contributed by atoms with E-state index < -0.39 is 0 Å². The molecule has 0 aliphatic carbocycles. The summed E-state index contributed by atoms with van der Waals surface area (Å²) in [5.41, 5.74) is 17.5. The minimum absolute atomic E-state index is 0.606. The second kappa shape index (κ2) is 16.2. The van der Waals surface area contributed by atoms with Gasteiger partial charge in [0.05, 0.1) is 50.4 Å². The van der Waals surface area contributed by atoms with Gasteiger partial charge in [0.2, 0.25) is 0 Å². The second-order valence-electron chi connectivity index (χ2n) is 18.2. The van der Waals surface area contributed by atoms with Crippen molar-refractivity contribution in [3.63, 3.8) is 0 Å². The van der Waals surface area contributed by atoms with Crippen LogP contribution in [0.1, 0.15) is 5.56 Å². The lowest BCUT2D eigenvalue weighted by atomic mass is 9.85. The molecule has 14 rings (SSSR count). The number of fused-ring (bicyclic) bond motifs is 9. The van der Waals surface area contributed by atoms with Gasteiger partial charge in [-0.15, -0.1) is 0 Å². The molecular weight excluding hydrogens is 863 g/mol. The molecule has 0 spiro atoms. The third-order valence-corrected chi connectivity index (χ3v) is 14.3. The molecule has 0 radical (unpaired) electrons. The number of hydrogen-bond acceptors (Lipinski definition) is 2. The Morgan fingerprint density at radius 2 is 0.662 bits per heavy atom. The van der Waals surface area contributed by atoms with Crippen LogP contribution in [0.3, 0.4) is 0 Å². The summed E-state index contributed by atoms with van der Waals surface area (Å²) in [4.78, 5) is 5.97. The SMILES string of the molecule is N#Cc1ccc(-c2c(-c3ccccc3)c(-c3ccccc3)nc(-n3c4ccc(-n5c6ccccc6c6ccccc65)cc4c4cc(-n5c6ccccc6c6ccccc65)ccc43)c2-c2ccccc2)cc1. The maximum atomic E-state index is 10.0. The van der Waals surface area contributed by atoms with Crippen LogP contribution in [-0.4, -0.2) is 18.7 Å². The van der Waals surface area contributed by atoms with Gasteiger partial charge in [0, 0.05) is 65.9 Å². The van der Waals surface area contributed by atoms with E-state index in [4.69, 9.17) is 4.98 Å². The van der Waals surface area contributed by atoms with E-state index in [0.29, 0.717) is 5.56 Å². The summed E-state index contributed by atoms with van der Waals surface area (Å²) in [7, 11) is 0. The Kier molecular flexibility index (Phi) is 9.20. The average Bonchev–Trinajstić information content (AvgIpc) is 4.08. The Morgan fingerprint density at radius 3 is 1.10 bits per heavy atom. The third-order valence-electron chi connectivity index (χ3n) is 14.3. The van der Waals surface area contributed by atoms with Crippen molar-refractivity contribution in [2.75, 3.05) is 0 Å². The van der Waals surface area contributed by atoms with Crippen molar-refractivity contribution in [3.8, 4) is 67.9 Å². The predicted molar refractivity (Wildman–Crippen MR) is 294 cm³/mol.